The van der Waals surface area contributed by atoms with Crippen LogP contribution in [0.1, 0.15) is 28.3 Å². The summed E-state index contributed by atoms with van der Waals surface area (Å²) < 4.78 is 33.5. The topological polar surface area (TPSA) is 66.9 Å². The van der Waals surface area contributed by atoms with Crippen molar-refractivity contribution in [2.45, 2.75) is 31.2 Å². The van der Waals surface area contributed by atoms with E-state index in [9.17, 15) is 13.2 Å². The van der Waals surface area contributed by atoms with Crippen LogP contribution < -0.4 is 4.74 Å². The highest BCUT2D eigenvalue weighted by Crippen LogP contribution is 2.36. The maximum Gasteiger partial charge on any atom is 0.247 e. The van der Waals surface area contributed by atoms with E-state index in [0.29, 0.717) is 12.3 Å². The maximum atomic E-state index is 13.4. The molecule has 4 rings (SSSR count). The second kappa shape index (κ2) is 6.90. The van der Waals surface area contributed by atoms with Gasteiger partial charge in [-0.2, -0.15) is 4.31 Å². The van der Waals surface area contributed by atoms with Gasteiger partial charge in [0.1, 0.15) is 10.6 Å². The average molecular weight is 401 g/mol. The quantitative estimate of drug-likeness (QED) is 0.794. The van der Waals surface area contributed by atoms with Gasteiger partial charge in [-0.3, -0.25) is 4.79 Å². The molecule has 148 valence electrons. The van der Waals surface area contributed by atoms with Gasteiger partial charge >= 0.3 is 0 Å². The monoisotopic (exact) mass is 400 g/mol. The lowest BCUT2D eigenvalue weighted by Gasteiger charge is -2.44. The number of sulfonamides is 1. The first-order valence-corrected chi connectivity index (χ1v) is 10.8. The van der Waals surface area contributed by atoms with Crippen LogP contribution in [0.25, 0.3) is 0 Å². The number of nitrogens with zero attached hydrogens (tertiary/aromatic N) is 2. The molecule has 0 aliphatic carbocycles. The molecule has 2 heterocycles. The van der Waals surface area contributed by atoms with Crippen LogP contribution in [0.3, 0.4) is 0 Å². The van der Waals surface area contributed by atoms with Gasteiger partial charge in [0, 0.05) is 13.1 Å². The minimum Gasteiger partial charge on any atom is -0.495 e. The molecule has 1 atom stereocenters. The fourth-order valence-corrected chi connectivity index (χ4v) is 5.71. The number of hydrogen-bond acceptors (Lipinski definition) is 4. The van der Waals surface area contributed by atoms with Crippen molar-refractivity contribution in [1.29, 1.82) is 0 Å². The van der Waals surface area contributed by atoms with Crippen LogP contribution in [0, 0.1) is 13.8 Å². The van der Waals surface area contributed by atoms with E-state index >= 15 is 0 Å². The van der Waals surface area contributed by atoms with Crippen LogP contribution in [0.4, 0.5) is 0 Å². The number of carbonyl (C=O) groups excluding carboxylic acids is 1. The number of carbonyl (C=O) groups is 1. The largest absolute Gasteiger partial charge is 0.495 e. The van der Waals surface area contributed by atoms with Gasteiger partial charge in [-0.15, -0.1) is 0 Å². The number of piperazine rings is 1. The summed E-state index contributed by atoms with van der Waals surface area (Å²) in [5.74, 6) is 0.152. The maximum absolute atomic E-state index is 13.4. The van der Waals surface area contributed by atoms with Gasteiger partial charge in [0.25, 0.3) is 0 Å². The average Bonchev–Trinajstić information content (AvgIpc) is 2.69. The summed E-state index contributed by atoms with van der Waals surface area (Å²) in [6.07, 6.45) is 0.802. The summed E-state index contributed by atoms with van der Waals surface area (Å²) >= 11 is 0. The zero-order valence-electron chi connectivity index (χ0n) is 16.3. The molecule has 1 saturated heterocycles. The summed E-state index contributed by atoms with van der Waals surface area (Å²) in [4.78, 5) is 14.7. The smallest absolute Gasteiger partial charge is 0.247 e. The lowest BCUT2D eigenvalue weighted by Crippen LogP contribution is -2.55. The second-order valence-corrected chi connectivity index (χ2v) is 9.34. The zero-order valence-corrected chi connectivity index (χ0v) is 17.1. The van der Waals surface area contributed by atoms with Crippen LogP contribution in [-0.2, 0) is 21.2 Å². The molecule has 1 unspecified atom stereocenters. The SMILES string of the molecule is COc1cc(C)c(C)cc1S(=O)(=O)N1CC(=O)N2CCc3ccccc3C2C1. The van der Waals surface area contributed by atoms with Gasteiger partial charge in [0.2, 0.25) is 15.9 Å². The van der Waals surface area contributed by atoms with Crippen molar-refractivity contribution in [2.75, 3.05) is 26.7 Å². The Balaban J connectivity index is 1.75. The highest BCUT2D eigenvalue weighted by molar-refractivity contribution is 7.89. The predicted octanol–water partition coefficient (Wildman–Crippen LogP) is 2.44. The molecule has 7 heteroatoms. The van der Waals surface area contributed by atoms with Gasteiger partial charge in [-0.1, -0.05) is 24.3 Å². The van der Waals surface area contributed by atoms with Crippen molar-refractivity contribution < 1.29 is 17.9 Å². The fraction of sp³-hybridized carbons (Fsp3) is 0.381. The number of aryl methyl sites for hydroxylation is 2. The second-order valence-electron chi connectivity index (χ2n) is 7.44. The Morgan fingerprint density at radius 1 is 1.11 bits per heavy atom. The summed E-state index contributed by atoms with van der Waals surface area (Å²) in [7, 11) is -2.41. The Hall–Kier alpha value is -2.38. The fourth-order valence-electron chi connectivity index (χ4n) is 4.09. The molecule has 2 aromatic rings. The number of rotatable bonds is 3. The molecule has 28 heavy (non-hydrogen) atoms. The molecule has 0 spiro atoms. The highest BCUT2D eigenvalue weighted by atomic mass is 32.2. The van der Waals surface area contributed by atoms with E-state index in [1.54, 1.807) is 12.1 Å². The third-order valence-electron chi connectivity index (χ3n) is 5.82. The summed E-state index contributed by atoms with van der Waals surface area (Å²) in [6, 6.07) is 11.1. The Bertz CT molecular complexity index is 1050. The molecule has 0 radical (unpaired) electrons. The predicted molar refractivity (Wildman–Crippen MR) is 106 cm³/mol. The molecule has 2 aliphatic rings. The number of amides is 1. The summed E-state index contributed by atoms with van der Waals surface area (Å²) in [6.45, 7) is 4.52. The molecule has 2 aliphatic heterocycles. The van der Waals surface area contributed by atoms with E-state index in [4.69, 9.17) is 4.74 Å². The van der Waals surface area contributed by atoms with E-state index in [2.05, 4.69) is 6.07 Å². The molecule has 1 fully saturated rings. The standard InChI is InChI=1S/C21H24N2O4S/c1-14-10-19(27-3)20(11-15(14)2)28(25,26)22-12-18-17-7-5-4-6-16(17)8-9-23(18)21(24)13-22/h4-7,10-11,18H,8-9,12-13H2,1-3H3. The number of hydrogen-bond donors (Lipinski definition) is 0. The minimum absolute atomic E-state index is 0.114. The van der Waals surface area contributed by atoms with Crippen molar-refractivity contribution in [2.24, 2.45) is 0 Å². The first-order valence-electron chi connectivity index (χ1n) is 9.35. The van der Waals surface area contributed by atoms with Crippen LogP contribution in [0.2, 0.25) is 0 Å². The Labute approximate surface area is 165 Å². The highest BCUT2D eigenvalue weighted by Gasteiger charge is 2.42. The van der Waals surface area contributed by atoms with Crippen LogP contribution in [0.15, 0.2) is 41.3 Å². The van der Waals surface area contributed by atoms with Gasteiger partial charge < -0.3 is 9.64 Å². The van der Waals surface area contributed by atoms with Gasteiger partial charge in [-0.25, -0.2) is 8.42 Å². The van der Waals surface area contributed by atoms with E-state index in [1.807, 2.05) is 36.9 Å². The number of benzene rings is 2. The van der Waals surface area contributed by atoms with E-state index in [1.165, 1.54) is 17.0 Å². The molecule has 0 bridgehead atoms. The van der Waals surface area contributed by atoms with Crippen molar-refractivity contribution >= 4 is 15.9 Å². The summed E-state index contributed by atoms with van der Waals surface area (Å²) in [5, 5.41) is 0. The molecule has 2 aromatic carbocycles. The zero-order chi connectivity index (χ0) is 20.1. The summed E-state index contributed by atoms with van der Waals surface area (Å²) in [5.41, 5.74) is 4.04. The Kier molecular flexibility index (Phi) is 4.67. The van der Waals surface area contributed by atoms with Crippen molar-refractivity contribution in [3.05, 3.63) is 58.7 Å². The van der Waals surface area contributed by atoms with Crippen molar-refractivity contribution in [3.63, 3.8) is 0 Å². The molecule has 0 aromatic heterocycles. The molecule has 1 amide bonds. The van der Waals surface area contributed by atoms with Crippen LogP contribution in [-0.4, -0.2) is 50.3 Å². The van der Waals surface area contributed by atoms with Gasteiger partial charge in [0.05, 0.1) is 19.7 Å². The van der Waals surface area contributed by atoms with Gasteiger partial charge in [0.15, 0.2) is 0 Å². The lowest BCUT2D eigenvalue weighted by molar-refractivity contribution is -0.138. The Morgan fingerprint density at radius 2 is 1.82 bits per heavy atom. The Morgan fingerprint density at radius 3 is 2.57 bits per heavy atom. The van der Waals surface area contributed by atoms with E-state index in [-0.39, 0.29) is 29.9 Å². The van der Waals surface area contributed by atoms with E-state index in [0.717, 1.165) is 23.1 Å². The molecular formula is C21H24N2O4S. The van der Waals surface area contributed by atoms with E-state index < -0.39 is 10.0 Å². The molecule has 6 nitrogen and oxygen atoms in total. The molecule has 0 saturated carbocycles. The molecule has 0 N–H and O–H groups in total. The first-order chi connectivity index (χ1) is 13.3. The third kappa shape index (κ3) is 2.99. The van der Waals surface area contributed by atoms with Crippen molar-refractivity contribution in [1.82, 2.24) is 9.21 Å². The number of ether oxygens (including phenoxy) is 1. The molecular weight excluding hydrogens is 376 g/mol. The first kappa shape index (κ1) is 19.0. The van der Waals surface area contributed by atoms with Gasteiger partial charge in [-0.05, 0) is 54.7 Å². The van der Waals surface area contributed by atoms with Crippen molar-refractivity contribution in [3.8, 4) is 5.75 Å². The van der Waals surface area contributed by atoms with Crippen LogP contribution >= 0.6 is 0 Å². The lowest BCUT2D eigenvalue weighted by atomic mass is 9.91. The number of methoxy groups -OCH3 is 1. The van der Waals surface area contributed by atoms with Crippen LogP contribution in [0.5, 0.6) is 5.75 Å². The number of fused-ring (bicyclic) bond motifs is 3. The normalized spacial score (nSPS) is 19.9. The third-order valence-corrected chi connectivity index (χ3v) is 7.65. The minimum atomic E-state index is -3.87.